The van der Waals surface area contributed by atoms with Crippen molar-refractivity contribution in [1.82, 2.24) is 5.32 Å². The van der Waals surface area contributed by atoms with Crippen LogP contribution in [0.5, 0.6) is 5.75 Å². The van der Waals surface area contributed by atoms with E-state index in [1.165, 1.54) is 6.92 Å². The SMILES string of the molecule is CC(=O)Nc1ccccc1OCC(=O)N[C@H](C)c1ccccc1. The Bertz CT molecular complexity index is 671. The summed E-state index contributed by atoms with van der Waals surface area (Å²) < 4.78 is 5.51. The van der Waals surface area contributed by atoms with E-state index in [2.05, 4.69) is 10.6 Å². The molecule has 0 unspecified atom stereocenters. The summed E-state index contributed by atoms with van der Waals surface area (Å²) in [6.07, 6.45) is 0. The van der Waals surface area contributed by atoms with E-state index in [1.807, 2.05) is 37.3 Å². The predicted molar refractivity (Wildman–Crippen MR) is 89.2 cm³/mol. The van der Waals surface area contributed by atoms with Crippen LogP contribution in [0.2, 0.25) is 0 Å². The fourth-order valence-electron chi connectivity index (χ4n) is 2.14. The fraction of sp³-hybridized carbons (Fsp3) is 0.222. The number of hydrogen-bond acceptors (Lipinski definition) is 3. The van der Waals surface area contributed by atoms with Gasteiger partial charge < -0.3 is 15.4 Å². The Labute approximate surface area is 135 Å². The van der Waals surface area contributed by atoms with E-state index in [0.29, 0.717) is 11.4 Å². The third-order valence-electron chi connectivity index (χ3n) is 3.23. The molecule has 0 saturated heterocycles. The van der Waals surface area contributed by atoms with Gasteiger partial charge in [-0.2, -0.15) is 0 Å². The van der Waals surface area contributed by atoms with Crippen LogP contribution in [-0.2, 0) is 9.59 Å². The Balaban J connectivity index is 1.91. The molecule has 2 amide bonds. The van der Waals surface area contributed by atoms with Gasteiger partial charge in [0, 0.05) is 6.92 Å². The molecule has 0 fully saturated rings. The topological polar surface area (TPSA) is 67.4 Å². The molecule has 0 aliphatic rings. The summed E-state index contributed by atoms with van der Waals surface area (Å²) in [7, 11) is 0. The molecular formula is C18H20N2O3. The highest BCUT2D eigenvalue weighted by atomic mass is 16.5. The average Bonchev–Trinajstić information content (AvgIpc) is 2.54. The number of para-hydroxylation sites is 2. The molecule has 0 aromatic heterocycles. The second kappa shape index (κ2) is 7.98. The van der Waals surface area contributed by atoms with Crippen molar-refractivity contribution in [2.24, 2.45) is 0 Å². The number of carbonyl (C=O) groups is 2. The maximum Gasteiger partial charge on any atom is 0.258 e. The molecule has 0 heterocycles. The first-order chi connectivity index (χ1) is 11.1. The van der Waals surface area contributed by atoms with E-state index >= 15 is 0 Å². The third-order valence-corrected chi connectivity index (χ3v) is 3.23. The van der Waals surface area contributed by atoms with Gasteiger partial charge in [-0.05, 0) is 24.6 Å². The van der Waals surface area contributed by atoms with Crippen LogP contribution in [0.4, 0.5) is 5.69 Å². The minimum Gasteiger partial charge on any atom is -0.482 e. The van der Waals surface area contributed by atoms with E-state index in [4.69, 9.17) is 4.74 Å². The Hall–Kier alpha value is -2.82. The summed E-state index contributed by atoms with van der Waals surface area (Å²) in [6.45, 7) is 3.22. The number of benzene rings is 2. The third kappa shape index (κ3) is 5.14. The van der Waals surface area contributed by atoms with Gasteiger partial charge in [-0.15, -0.1) is 0 Å². The zero-order valence-corrected chi connectivity index (χ0v) is 13.2. The van der Waals surface area contributed by atoms with Crippen LogP contribution < -0.4 is 15.4 Å². The van der Waals surface area contributed by atoms with Gasteiger partial charge >= 0.3 is 0 Å². The lowest BCUT2D eigenvalue weighted by atomic mass is 10.1. The van der Waals surface area contributed by atoms with Gasteiger partial charge in [0.05, 0.1) is 11.7 Å². The first kappa shape index (κ1) is 16.5. The highest BCUT2D eigenvalue weighted by Crippen LogP contribution is 2.23. The summed E-state index contributed by atoms with van der Waals surface area (Å²) in [5.41, 5.74) is 1.57. The predicted octanol–water partition coefficient (Wildman–Crippen LogP) is 2.90. The Kier molecular flexibility index (Phi) is 5.74. The molecule has 2 rings (SSSR count). The maximum absolute atomic E-state index is 12.0. The lowest BCUT2D eigenvalue weighted by Crippen LogP contribution is -2.31. The minimum absolute atomic E-state index is 0.0992. The molecule has 0 aliphatic heterocycles. The number of carbonyl (C=O) groups excluding carboxylic acids is 2. The second-order valence-corrected chi connectivity index (χ2v) is 5.17. The van der Waals surface area contributed by atoms with Crippen LogP contribution in [0.25, 0.3) is 0 Å². The van der Waals surface area contributed by atoms with Crippen molar-refractivity contribution < 1.29 is 14.3 Å². The van der Waals surface area contributed by atoms with Gasteiger partial charge in [0.2, 0.25) is 5.91 Å². The average molecular weight is 312 g/mol. The molecular weight excluding hydrogens is 292 g/mol. The van der Waals surface area contributed by atoms with Crippen molar-refractivity contribution in [3.05, 3.63) is 60.2 Å². The Morgan fingerprint density at radius 1 is 1.04 bits per heavy atom. The molecule has 120 valence electrons. The van der Waals surface area contributed by atoms with Crippen molar-refractivity contribution in [2.45, 2.75) is 19.9 Å². The van der Waals surface area contributed by atoms with Gasteiger partial charge in [0.1, 0.15) is 5.75 Å². The van der Waals surface area contributed by atoms with Crippen molar-refractivity contribution in [2.75, 3.05) is 11.9 Å². The number of nitrogens with one attached hydrogen (secondary N) is 2. The molecule has 2 aromatic rings. The second-order valence-electron chi connectivity index (χ2n) is 5.17. The van der Waals surface area contributed by atoms with Crippen LogP contribution in [0.3, 0.4) is 0 Å². The summed E-state index contributed by atoms with van der Waals surface area (Å²) in [5, 5.41) is 5.54. The Morgan fingerprint density at radius 3 is 2.39 bits per heavy atom. The highest BCUT2D eigenvalue weighted by molar-refractivity contribution is 5.90. The van der Waals surface area contributed by atoms with E-state index in [9.17, 15) is 9.59 Å². The monoisotopic (exact) mass is 312 g/mol. The summed E-state index contributed by atoms with van der Waals surface area (Å²) >= 11 is 0. The molecule has 1 atom stereocenters. The van der Waals surface area contributed by atoms with Crippen LogP contribution in [0.15, 0.2) is 54.6 Å². The number of ether oxygens (including phenoxy) is 1. The normalized spacial score (nSPS) is 11.4. The van der Waals surface area contributed by atoms with Crippen LogP contribution in [0.1, 0.15) is 25.5 Å². The Morgan fingerprint density at radius 2 is 1.70 bits per heavy atom. The first-order valence-corrected chi connectivity index (χ1v) is 7.40. The molecule has 0 aliphatic carbocycles. The van der Waals surface area contributed by atoms with Crippen molar-refractivity contribution in [3.63, 3.8) is 0 Å². The van der Waals surface area contributed by atoms with Crippen molar-refractivity contribution >= 4 is 17.5 Å². The fourth-order valence-corrected chi connectivity index (χ4v) is 2.14. The maximum atomic E-state index is 12.0. The number of rotatable bonds is 6. The van der Waals surface area contributed by atoms with Crippen LogP contribution in [-0.4, -0.2) is 18.4 Å². The molecule has 23 heavy (non-hydrogen) atoms. The largest absolute Gasteiger partial charge is 0.482 e. The zero-order valence-electron chi connectivity index (χ0n) is 13.2. The van der Waals surface area contributed by atoms with Gasteiger partial charge in [-0.25, -0.2) is 0 Å². The number of hydrogen-bond donors (Lipinski definition) is 2. The van der Waals surface area contributed by atoms with Crippen molar-refractivity contribution in [1.29, 1.82) is 0 Å². The lowest BCUT2D eigenvalue weighted by Gasteiger charge is -2.15. The molecule has 0 radical (unpaired) electrons. The first-order valence-electron chi connectivity index (χ1n) is 7.40. The number of amides is 2. The van der Waals surface area contributed by atoms with Crippen LogP contribution in [0, 0.1) is 0 Å². The molecule has 2 N–H and O–H groups in total. The van der Waals surface area contributed by atoms with E-state index in [1.54, 1.807) is 24.3 Å². The highest BCUT2D eigenvalue weighted by Gasteiger charge is 2.11. The molecule has 2 aromatic carbocycles. The minimum atomic E-state index is -0.223. The van der Waals surface area contributed by atoms with Gasteiger partial charge in [0.25, 0.3) is 5.91 Å². The summed E-state index contributed by atoms with van der Waals surface area (Å²) in [4.78, 5) is 23.2. The zero-order chi connectivity index (χ0) is 16.7. The molecule has 5 heteroatoms. The van der Waals surface area contributed by atoms with E-state index in [0.717, 1.165) is 5.56 Å². The van der Waals surface area contributed by atoms with Gasteiger partial charge in [-0.3, -0.25) is 9.59 Å². The van der Waals surface area contributed by atoms with E-state index < -0.39 is 0 Å². The smallest absolute Gasteiger partial charge is 0.258 e. The lowest BCUT2D eigenvalue weighted by molar-refractivity contribution is -0.123. The molecule has 0 bridgehead atoms. The van der Waals surface area contributed by atoms with Crippen LogP contribution >= 0.6 is 0 Å². The summed E-state index contributed by atoms with van der Waals surface area (Å²) in [6, 6.07) is 16.6. The molecule has 0 spiro atoms. The van der Waals surface area contributed by atoms with Gasteiger partial charge in [-0.1, -0.05) is 42.5 Å². The molecule has 5 nitrogen and oxygen atoms in total. The van der Waals surface area contributed by atoms with E-state index in [-0.39, 0.29) is 24.5 Å². The summed E-state index contributed by atoms with van der Waals surface area (Å²) in [5.74, 6) is 0.0485. The quantitative estimate of drug-likeness (QED) is 0.862. The molecule has 0 saturated carbocycles. The van der Waals surface area contributed by atoms with Crippen molar-refractivity contribution in [3.8, 4) is 5.75 Å². The number of anilines is 1. The standard InChI is InChI=1S/C18H20N2O3/c1-13(15-8-4-3-5-9-15)19-18(22)12-23-17-11-7-6-10-16(17)20-14(2)21/h3-11,13H,12H2,1-2H3,(H,19,22)(H,20,21)/t13-/m1/s1. The van der Waals surface area contributed by atoms with Gasteiger partial charge in [0.15, 0.2) is 6.61 Å².